The lowest BCUT2D eigenvalue weighted by Crippen LogP contribution is -2.38. The zero-order valence-electron chi connectivity index (χ0n) is 17.3. The summed E-state index contributed by atoms with van der Waals surface area (Å²) in [7, 11) is -3.61. The molecule has 3 aromatic rings. The van der Waals surface area contributed by atoms with Gasteiger partial charge in [0.1, 0.15) is 5.76 Å². The number of hydrogen-bond acceptors (Lipinski definition) is 6. The van der Waals surface area contributed by atoms with Crippen LogP contribution in [0, 0.1) is 19.8 Å². The molecule has 0 radical (unpaired) electrons. The smallest absolute Gasteiger partial charge is 0.240 e. The summed E-state index contributed by atoms with van der Waals surface area (Å²) in [4.78, 5) is 2.63. The van der Waals surface area contributed by atoms with Crippen molar-refractivity contribution in [2.24, 2.45) is 5.92 Å². The second-order valence-electron chi connectivity index (χ2n) is 7.96. The predicted octanol–water partition coefficient (Wildman–Crippen LogP) is 3.74. The van der Waals surface area contributed by atoms with Gasteiger partial charge in [-0.2, -0.15) is 0 Å². The monoisotopic (exact) mass is 429 g/mol. The number of rotatable bonds is 7. The third-order valence-electron chi connectivity index (χ3n) is 5.62. The zero-order chi connectivity index (χ0) is 21.1. The van der Waals surface area contributed by atoms with E-state index in [1.54, 1.807) is 31.4 Å². The molecule has 160 valence electrons. The van der Waals surface area contributed by atoms with Gasteiger partial charge in [0, 0.05) is 18.2 Å². The Morgan fingerprint density at radius 2 is 1.97 bits per heavy atom. The van der Waals surface area contributed by atoms with E-state index in [2.05, 4.69) is 14.8 Å². The van der Waals surface area contributed by atoms with E-state index in [9.17, 15) is 8.42 Å². The molecule has 8 heteroatoms. The number of aromatic nitrogens is 1. The average molecular weight is 430 g/mol. The molecular formula is C22H27N3O4S. The average Bonchev–Trinajstić information content (AvgIpc) is 3.39. The van der Waals surface area contributed by atoms with E-state index in [0.717, 1.165) is 43.9 Å². The molecule has 0 amide bonds. The molecule has 0 aliphatic carbocycles. The summed E-state index contributed by atoms with van der Waals surface area (Å²) in [5.41, 5.74) is 2.16. The fraction of sp³-hybridized carbons (Fsp3) is 0.409. The topological polar surface area (TPSA) is 88.6 Å². The highest BCUT2D eigenvalue weighted by atomic mass is 32.2. The SMILES string of the molecule is Cc1cc(-c2ccc(C)c(S(=O)(=O)NCC3CCN(Cc4ccco4)CC3)c2)on1. The second kappa shape index (κ2) is 8.75. The van der Waals surface area contributed by atoms with E-state index in [0.29, 0.717) is 29.3 Å². The summed E-state index contributed by atoms with van der Waals surface area (Å²) in [6.45, 7) is 6.76. The van der Waals surface area contributed by atoms with Crippen molar-refractivity contribution in [1.82, 2.24) is 14.8 Å². The van der Waals surface area contributed by atoms with Gasteiger partial charge < -0.3 is 8.94 Å². The first-order chi connectivity index (χ1) is 14.4. The molecule has 3 heterocycles. The van der Waals surface area contributed by atoms with Crippen LogP contribution in [0.1, 0.15) is 29.9 Å². The number of aryl methyl sites for hydroxylation is 2. The zero-order valence-corrected chi connectivity index (χ0v) is 18.1. The number of benzene rings is 1. The van der Waals surface area contributed by atoms with Gasteiger partial charge in [-0.15, -0.1) is 0 Å². The van der Waals surface area contributed by atoms with Gasteiger partial charge in [-0.1, -0.05) is 17.3 Å². The minimum absolute atomic E-state index is 0.282. The first-order valence-corrected chi connectivity index (χ1v) is 11.7. The van der Waals surface area contributed by atoms with Crippen LogP contribution in [0.4, 0.5) is 0 Å². The van der Waals surface area contributed by atoms with Crippen molar-refractivity contribution in [1.29, 1.82) is 0 Å². The first-order valence-electron chi connectivity index (χ1n) is 10.2. The van der Waals surface area contributed by atoms with E-state index in [4.69, 9.17) is 8.94 Å². The highest BCUT2D eigenvalue weighted by Crippen LogP contribution is 2.26. The normalized spacial score (nSPS) is 16.2. The maximum atomic E-state index is 13.0. The van der Waals surface area contributed by atoms with Gasteiger partial charge in [-0.3, -0.25) is 4.90 Å². The van der Waals surface area contributed by atoms with Crippen molar-refractivity contribution >= 4 is 10.0 Å². The number of sulfonamides is 1. The van der Waals surface area contributed by atoms with Crippen molar-refractivity contribution in [3.05, 3.63) is 59.7 Å². The maximum absolute atomic E-state index is 13.0. The van der Waals surface area contributed by atoms with Crippen molar-refractivity contribution in [3.8, 4) is 11.3 Å². The van der Waals surface area contributed by atoms with Crippen LogP contribution in [0.15, 0.2) is 56.5 Å². The van der Waals surface area contributed by atoms with E-state index in [-0.39, 0.29) is 4.90 Å². The van der Waals surface area contributed by atoms with Crippen LogP contribution < -0.4 is 4.72 Å². The lowest BCUT2D eigenvalue weighted by atomic mass is 9.97. The van der Waals surface area contributed by atoms with Gasteiger partial charge in [0.05, 0.1) is 23.4 Å². The molecule has 0 saturated carbocycles. The highest BCUT2D eigenvalue weighted by molar-refractivity contribution is 7.89. The van der Waals surface area contributed by atoms with Crippen LogP contribution >= 0.6 is 0 Å². The Balaban J connectivity index is 1.37. The number of piperidine rings is 1. The fourth-order valence-corrected chi connectivity index (χ4v) is 5.20. The second-order valence-corrected chi connectivity index (χ2v) is 9.70. The molecule has 1 aliphatic rings. The van der Waals surface area contributed by atoms with Crippen LogP contribution in [-0.4, -0.2) is 38.1 Å². The summed E-state index contributed by atoms with van der Waals surface area (Å²) >= 11 is 0. The highest BCUT2D eigenvalue weighted by Gasteiger charge is 2.24. The lowest BCUT2D eigenvalue weighted by Gasteiger charge is -2.31. The van der Waals surface area contributed by atoms with Crippen LogP contribution in [-0.2, 0) is 16.6 Å². The third kappa shape index (κ3) is 4.83. The molecule has 2 aromatic heterocycles. The summed E-state index contributed by atoms with van der Waals surface area (Å²) in [6.07, 6.45) is 3.61. The fourth-order valence-electron chi connectivity index (χ4n) is 3.82. The van der Waals surface area contributed by atoms with Gasteiger partial charge in [0.15, 0.2) is 5.76 Å². The molecule has 30 heavy (non-hydrogen) atoms. The Morgan fingerprint density at radius 1 is 1.17 bits per heavy atom. The van der Waals surface area contributed by atoms with Crippen molar-refractivity contribution in [3.63, 3.8) is 0 Å². The molecule has 0 atom stereocenters. The number of furan rings is 1. The van der Waals surface area contributed by atoms with Crippen molar-refractivity contribution in [2.45, 2.75) is 38.1 Å². The van der Waals surface area contributed by atoms with E-state index < -0.39 is 10.0 Å². The standard InChI is InChI=1S/C22H27N3O4S/c1-16-5-6-19(21-12-17(2)24-29-21)13-22(16)30(26,27)23-14-18-7-9-25(10-8-18)15-20-4-3-11-28-20/h3-6,11-13,18,23H,7-10,14-15H2,1-2H3. The maximum Gasteiger partial charge on any atom is 0.240 e. The Kier molecular flexibility index (Phi) is 6.08. The Labute approximate surface area is 177 Å². The first kappa shape index (κ1) is 20.8. The molecule has 1 N–H and O–H groups in total. The molecule has 1 aromatic carbocycles. The number of nitrogens with one attached hydrogen (secondary N) is 1. The van der Waals surface area contributed by atoms with Crippen molar-refractivity contribution < 1.29 is 17.4 Å². The molecule has 0 spiro atoms. The van der Waals surface area contributed by atoms with E-state index in [1.807, 2.05) is 25.1 Å². The van der Waals surface area contributed by atoms with E-state index >= 15 is 0 Å². The quantitative estimate of drug-likeness (QED) is 0.615. The predicted molar refractivity (Wildman–Crippen MR) is 113 cm³/mol. The molecule has 7 nitrogen and oxygen atoms in total. The van der Waals surface area contributed by atoms with Gasteiger partial charge >= 0.3 is 0 Å². The van der Waals surface area contributed by atoms with Gasteiger partial charge in [0.25, 0.3) is 0 Å². The summed E-state index contributed by atoms with van der Waals surface area (Å²) in [5, 5.41) is 3.88. The van der Waals surface area contributed by atoms with Gasteiger partial charge in [0.2, 0.25) is 10.0 Å². The van der Waals surface area contributed by atoms with Gasteiger partial charge in [-0.05, 0) is 69.5 Å². The summed E-state index contributed by atoms with van der Waals surface area (Å²) in [5.74, 6) is 1.85. The minimum atomic E-state index is -3.61. The van der Waals surface area contributed by atoms with E-state index in [1.165, 1.54) is 0 Å². The lowest BCUT2D eigenvalue weighted by molar-refractivity contribution is 0.168. The van der Waals surface area contributed by atoms with Gasteiger partial charge in [-0.25, -0.2) is 13.1 Å². The minimum Gasteiger partial charge on any atom is -0.468 e. The molecule has 1 fully saturated rings. The number of likely N-dealkylation sites (tertiary alicyclic amines) is 1. The van der Waals surface area contributed by atoms with Crippen molar-refractivity contribution in [2.75, 3.05) is 19.6 Å². The molecule has 1 aliphatic heterocycles. The molecule has 0 bridgehead atoms. The Morgan fingerprint density at radius 3 is 2.63 bits per heavy atom. The van der Waals surface area contributed by atoms with Crippen LogP contribution in [0.2, 0.25) is 0 Å². The third-order valence-corrected chi connectivity index (χ3v) is 7.18. The molecule has 0 unspecified atom stereocenters. The Hall–Kier alpha value is -2.42. The summed E-state index contributed by atoms with van der Waals surface area (Å²) in [6, 6.07) is 11.0. The van der Waals surface area contributed by atoms with Crippen LogP contribution in [0.5, 0.6) is 0 Å². The molecule has 4 rings (SSSR count). The number of nitrogens with zero attached hydrogens (tertiary/aromatic N) is 2. The largest absolute Gasteiger partial charge is 0.468 e. The van der Waals surface area contributed by atoms with Crippen LogP contribution in [0.25, 0.3) is 11.3 Å². The number of hydrogen-bond donors (Lipinski definition) is 1. The van der Waals surface area contributed by atoms with Crippen LogP contribution in [0.3, 0.4) is 0 Å². The Bertz CT molecular complexity index is 1080. The molecule has 1 saturated heterocycles. The molecular weight excluding hydrogens is 402 g/mol. The summed E-state index contributed by atoms with van der Waals surface area (Å²) < 4.78 is 39.5.